The molecule has 0 spiro atoms. The van der Waals surface area contributed by atoms with Gasteiger partial charge in [-0.05, 0) is 31.9 Å². The smallest absolute Gasteiger partial charge is 0.310 e. The molecule has 6 heteroatoms. The summed E-state index contributed by atoms with van der Waals surface area (Å²) in [5, 5.41) is 0. The monoisotopic (exact) mass is 297 g/mol. The van der Waals surface area contributed by atoms with E-state index in [0.717, 1.165) is 0 Å². The lowest BCUT2D eigenvalue weighted by atomic mass is 10.0. The number of sulfonamides is 1. The summed E-state index contributed by atoms with van der Waals surface area (Å²) in [6.45, 7) is 2.73. The summed E-state index contributed by atoms with van der Waals surface area (Å²) in [5.41, 5.74) is 0. The van der Waals surface area contributed by atoms with Gasteiger partial charge in [0.2, 0.25) is 10.0 Å². The fourth-order valence-corrected chi connectivity index (χ4v) is 3.90. The predicted molar refractivity (Wildman–Crippen MR) is 74.6 cm³/mol. The van der Waals surface area contributed by atoms with Gasteiger partial charge in [-0.2, -0.15) is 4.31 Å². The minimum atomic E-state index is -3.52. The van der Waals surface area contributed by atoms with Crippen LogP contribution in [0.4, 0.5) is 0 Å². The molecule has 1 fully saturated rings. The highest BCUT2D eigenvalue weighted by Gasteiger charge is 2.33. The summed E-state index contributed by atoms with van der Waals surface area (Å²) in [4.78, 5) is 12.0. The van der Waals surface area contributed by atoms with Crippen molar-refractivity contribution >= 4 is 16.0 Å². The Kier molecular flexibility index (Phi) is 4.77. The number of carbonyl (C=O) groups is 1. The maximum Gasteiger partial charge on any atom is 0.310 e. The van der Waals surface area contributed by atoms with Crippen molar-refractivity contribution in [1.82, 2.24) is 4.31 Å². The Morgan fingerprint density at radius 1 is 1.35 bits per heavy atom. The molecular formula is C14H19NO4S. The van der Waals surface area contributed by atoms with Gasteiger partial charge in [0.25, 0.3) is 0 Å². The number of carbonyl (C=O) groups excluding carboxylic acids is 1. The van der Waals surface area contributed by atoms with E-state index in [9.17, 15) is 13.2 Å². The molecule has 1 aliphatic heterocycles. The first-order valence-electron chi connectivity index (χ1n) is 6.77. The highest BCUT2D eigenvalue weighted by atomic mass is 32.2. The van der Waals surface area contributed by atoms with Crippen LogP contribution >= 0.6 is 0 Å². The van der Waals surface area contributed by atoms with Crippen LogP contribution < -0.4 is 0 Å². The number of hydrogen-bond acceptors (Lipinski definition) is 4. The second kappa shape index (κ2) is 6.37. The molecule has 1 aromatic carbocycles. The summed E-state index contributed by atoms with van der Waals surface area (Å²) >= 11 is 0. The average molecular weight is 297 g/mol. The molecule has 0 bridgehead atoms. The fourth-order valence-electron chi connectivity index (χ4n) is 2.35. The van der Waals surface area contributed by atoms with Crippen LogP contribution in [0.1, 0.15) is 19.8 Å². The summed E-state index contributed by atoms with van der Waals surface area (Å²) in [6.07, 6.45) is 1.36. The van der Waals surface area contributed by atoms with E-state index < -0.39 is 10.0 Å². The number of esters is 1. The highest BCUT2D eigenvalue weighted by molar-refractivity contribution is 7.89. The average Bonchev–Trinajstić information content (AvgIpc) is 2.48. The Morgan fingerprint density at radius 2 is 2.05 bits per heavy atom. The van der Waals surface area contributed by atoms with Crippen molar-refractivity contribution in [2.24, 2.45) is 5.92 Å². The molecule has 0 unspecified atom stereocenters. The zero-order valence-corrected chi connectivity index (χ0v) is 12.3. The third kappa shape index (κ3) is 3.19. The van der Waals surface area contributed by atoms with Crippen LogP contribution in [0.5, 0.6) is 0 Å². The van der Waals surface area contributed by atoms with E-state index in [1.165, 1.54) is 4.31 Å². The maximum absolute atomic E-state index is 12.5. The van der Waals surface area contributed by atoms with Gasteiger partial charge in [0.05, 0.1) is 17.4 Å². The molecular weight excluding hydrogens is 278 g/mol. The molecule has 0 aromatic heterocycles. The molecule has 1 heterocycles. The molecule has 20 heavy (non-hydrogen) atoms. The first-order chi connectivity index (χ1) is 9.55. The van der Waals surface area contributed by atoms with Crippen LogP contribution in [0.15, 0.2) is 35.2 Å². The second-order valence-electron chi connectivity index (χ2n) is 4.77. The normalized spacial score (nSPS) is 20.6. The third-order valence-corrected chi connectivity index (χ3v) is 5.26. The molecule has 0 amide bonds. The van der Waals surface area contributed by atoms with Crippen molar-refractivity contribution in [3.63, 3.8) is 0 Å². The molecule has 1 atom stereocenters. The molecule has 0 aliphatic carbocycles. The first-order valence-corrected chi connectivity index (χ1v) is 8.21. The van der Waals surface area contributed by atoms with Crippen molar-refractivity contribution in [3.05, 3.63) is 30.3 Å². The van der Waals surface area contributed by atoms with Crippen molar-refractivity contribution in [2.45, 2.75) is 24.7 Å². The van der Waals surface area contributed by atoms with Crippen LogP contribution in [0.3, 0.4) is 0 Å². The van der Waals surface area contributed by atoms with Gasteiger partial charge >= 0.3 is 5.97 Å². The van der Waals surface area contributed by atoms with Crippen LogP contribution in [0, 0.1) is 5.92 Å². The van der Waals surface area contributed by atoms with E-state index >= 15 is 0 Å². The fraction of sp³-hybridized carbons (Fsp3) is 0.500. The minimum Gasteiger partial charge on any atom is -0.466 e. The van der Waals surface area contributed by atoms with Crippen LogP contribution in [0.2, 0.25) is 0 Å². The number of piperidine rings is 1. The number of ether oxygens (including phenoxy) is 1. The Balaban J connectivity index is 2.15. The minimum absolute atomic E-state index is 0.204. The summed E-state index contributed by atoms with van der Waals surface area (Å²) in [6, 6.07) is 8.31. The third-order valence-electron chi connectivity index (χ3n) is 3.39. The van der Waals surface area contributed by atoms with E-state index in [0.29, 0.717) is 26.0 Å². The van der Waals surface area contributed by atoms with Gasteiger partial charge in [0, 0.05) is 13.1 Å². The zero-order chi connectivity index (χ0) is 14.6. The van der Waals surface area contributed by atoms with E-state index in [1.807, 2.05) is 0 Å². The van der Waals surface area contributed by atoms with Gasteiger partial charge in [-0.3, -0.25) is 4.79 Å². The molecule has 0 N–H and O–H groups in total. The number of nitrogens with zero attached hydrogens (tertiary/aromatic N) is 1. The lowest BCUT2D eigenvalue weighted by Crippen LogP contribution is -2.42. The lowest BCUT2D eigenvalue weighted by molar-refractivity contribution is -0.149. The Bertz CT molecular complexity index is 556. The van der Waals surface area contributed by atoms with E-state index in [2.05, 4.69) is 0 Å². The zero-order valence-electron chi connectivity index (χ0n) is 11.5. The van der Waals surface area contributed by atoms with Crippen LogP contribution in [-0.2, 0) is 19.6 Å². The molecule has 2 rings (SSSR count). The number of hydrogen-bond donors (Lipinski definition) is 0. The Labute approximate surface area is 119 Å². The molecule has 1 aliphatic rings. The highest BCUT2D eigenvalue weighted by Crippen LogP contribution is 2.24. The SMILES string of the molecule is CCOC(=O)[C@H]1CCCN(S(=O)(=O)c2ccccc2)C1. The predicted octanol–water partition coefficient (Wildman–Crippen LogP) is 1.65. The van der Waals surface area contributed by atoms with Crippen molar-refractivity contribution in [3.8, 4) is 0 Å². The molecule has 1 aromatic rings. The first kappa shape index (κ1) is 15.0. The van der Waals surface area contributed by atoms with Crippen LogP contribution in [0.25, 0.3) is 0 Å². The van der Waals surface area contributed by atoms with E-state index in [4.69, 9.17) is 4.74 Å². The van der Waals surface area contributed by atoms with Crippen LogP contribution in [-0.4, -0.2) is 38.4 Å². The van der Waals surface area contributed by atoms with E-state index in [1.54, 1.807) is 37.3 Å². The van der Waals surface area contributed by atoms with Gasteiger partial charge in [-0.15, -0.1) is 0 Å². The molecule has 110 valence electrons. The molecule has 0 saturated carbocycles. The molecule has 1 saturated heterocycles. The Hall–Kier alpha value is -1.40. The van der Waals surface area contributed by atoms with Crippen molar-refractivity contribution in [2.75, 3.05) is 19.7 Å². The summed E-state index contributed by atoms with van der Waals surface area (Å²) < 4.78 is 31.3. The molecule has 5 nitrogen and oxygen atoms in total. The van der Waals surface area contributed by atoms with Crippen molar-refractivity contribution < 1.29 is 17.9 Å². The molecule has 0 radical (unpaired) electrons. The van der Waals surface area contributed by atoms with Gasteiger partial charge in [0.15, 0.2) is 0 Å². The number of benzene rings is 1. The quantitative estimate of drug-likeness (QED) is 0.793. The van der Waals surface area contributed by atoms with Gasteiger partial charge in [-0.1, -0.05) is 18.2 Å². The van der Waals surface area contributed by atoms with Gasteiger partial charge < -0.3 is 4.74 Å². The second-order valence-corrected chi connectivity index (χ2v) is 6.71. The summed E-state index contributed by atoms with van der Waals surface area (Å²) in [5.74, 6) is -0.664. The largest absolute Gasteiger partial charge is 0.466 e. The van der Waals surface area contributed by atoms with Crippen molar-refractivity contribution in [1.29, 1.82) is 0 Å². The standard InChI is InChI=1S/C14H19NO4S/c1-2-19-14(16)12-7-6-10-15(11-12)20(17,18)13-8-4-3-5-9-13/h3-5,8-9,12H,2,6-7,10-11H2,1H3/t12-/m0/s1. The van der Waals surface area contributed by atoms with Gasteiger partial charge in [0.1, 0.15) is 0 Å². The van der Waals surface area contributed by atoms with E-state index in [-0.39, 0.29) is 23.3 Å². The Morgan fingerprint density at radius 3 is 2.70 bits per heavy atom. The number of rotatable bonds is 4. The summed E-state index contributed by atoms with van der Waals surface area (Å²) in [7, 11) is -3.52. The topological polar surface area (TPSA) is 63.7 Å². The lowest BCUT2D eigenvalue weighted by Gasteiger charge is -2.30. The maximum atomic E-state index is 12.5. The van der Waals surface area contributed by atoms with Gasteiger partial charge in [-0.25, -0.2) is 8.42 Å².